The Morgan fingerprint density at radius 3 is 2.68 bits per heavy atom. The Bertz CT molecular complexity index is 853. The molecule has 1 aromatic carbocycles. The van der Waals surface area contributed by atoms with Crippen LogP contribution in [0.3, 0.4) is 0 Å². The highest BCUT2D eigenvalue weighted by Crippen LogP contribution is 2.30. The third kappa shape index (κ3) is 3.61. The van der Waals surface area contributed by atoms with Gasteiger partial charge in [-0.15, -0.1) is 11.8 Å². The van der Waals surface area contributed by atoms with E-state index >= 15 is 0 Å². The van der Waals surface area contributed by atoms with Crippen molar-refractivity contribution in [2.75, 3.05) is 11.1 Å². The predicted molar refractivity (Wildman–Crippen MR) is 105 cm³/mol. The maximum Gasteiger partial charge on any atom is 0.251 e. The Labute approximate surface area is 151 Å². The molecule has 0 unspecified atom stereocenters. The lowest BCUT2D eigenvalue weighted by molar-refractivity contribution is -0.113. The number of amides is 1. The Hall–Kier alpha value is -1.75. The number of carbonyl (C=O) groups is 1. The molecule has 0 spiro atoms. The molecule has 2 aliphatic rings. The molecule has 1 heterocycles. The van der Waals surface area contributed by atoms with Crippen molar-refractivity contribution < 1.29 is 4.79 Å². The molecule has 132 valence electrons. The number of carbonyl (C=O) groups excluding carboxylic acids is 1. The van der Waals surface area contributed by atoms with Crippen molar-refractivity contribution in [3.05, 3.63) is 39.7 Å². The minimum absolute atomic E-state index is 0.0301. The zero-order valence-corrected chi connectivity index (χ0v) is 15.2. The monoisotopic (exact) mass is 356 g/mol. The molecule has 1 aromatic heterocycles. The maximum absolute atomic E-state index is 12.3. The van der Waals surface area contributed by atoms with Crippen LogP contribution in [0.15, 0.2) is 23.0 Å². The number of thioether (sulfide) groups is 1. The van der Waals surface area contributed by atoms with E-state index in [9.17, 15) is 9.59 Å². The number of nitrogens with one attached hydrogen (secondary N) is 2. The van der Waals surface area contributed by atoms with Crippen molar-refractivity contribution in [3.8, 4) is 0 Å². The van der Waals surface area contributed by atoms with E-state index in [2.05, 4.69) is 10.3 Å². The van der Waals surface area contributed by atoms with Gasteiger partial charge >= 0.3 is 0 Å². The van der Waals surface area contributed by atoms with Crippen LogP contribution < -0.4 is 10.9 Å². The van der Waals surface area contributed by atoms with Gasteiger partial charge in [-0.25, -0.2) is 0 Å². The first kappa shape index (κ1) is 16.7. The molecule has 4 nitrogen and oxygen atoms in total. The largest absolute Gasteiger partial charge is 0.325 e. The van der Waals surface area contributed by atoms with Crippen molar-refractivity contribution >= 4 is 34.3 Å². The first-order valence-corrected chi connectivity index (χ1v) is 10.3. The third-order valence-corrected chi connectivity index (χ3v) is 6.74. The van der Waals surface area contributed by atoms with Crippen molar-refractivity contribution in [1.82, 2.24) is 4.98 Å². The van der Waals surface area contributed by atoms with Gasteiger partial charge in [0.05, 0.1) is 11.3 Å². The number of anilines is 1. The Kier molecular flexibility index (Phi) is 4.84. The molecular weight excluding hydrogens is 332 g/mol. The van der Waals surface area contributed by atoms with Crippen molar-refractivity contribution in [1.29, 1.82) is 0 Å². The van der Waals surface area contributed by atoms with E-state index in [4.69, 9.17) is 0 Å². The molecule has 0 bridgehead atoms. The van der Waals surface area contributed by atoms with Gasteiger partial charge < -0.3 is 10.3 Å². The summed E-state index contributed by atoms with van der Waals surface area (Å²) in [5, 5.41) is 4.74. The summed E-state index contributed by atoms with van der Waals surface area (Å²) in [6.45, 7) is 0. The Morgan fingerprint density at radius 1 is 1.12 bits per heavy atom. The molecule has 2 N–H and O–H groups in total. The van der Waals surface area contributed by atoms with Crippen molar-refractivity contribution in [2.45, 2.75) is 56.6 Å². The average molecular weight is 356 g/mol. The molecule has 0 saturated heterocycles. The summed E-state index contributed by atoms with van der Waals surface area (Å²) in [6.07, 6.45) is 9.14. The minimum atomic E-state index is 0.0301. The van der Waals surface area contributed by atoms with E-state index in [0.29, 0.717) is 11.0 Å². The van der Waals surface area contributed by atoms with Crippen LogP contribution in [0.4, 0.5) is 5.69 Å². The smallest absolute Gasteiger partial charge is 0.251 e. The lowest BCUT2D eigenvalue weighted by Gasteiger charge is -2.17. The van der Waals surface area contributed by atoms with Gasteiger partial charge in [0, 0.05) is 21.9 Å². The SMILES string of the molecule is O=C(CSC1CCCC1)Nc1ccc2c3c(c(=O)[nH]c2c1)CCCC3. The van der Waals surface area contributed by atoms with Crippen LogP contribution in [0.2, 0.25) is 0 Å². The summed E-state index contributed by atoms with van der Waals surface area (Å²) in [4.78, 5) is 27.5. The fourth-order valence-electron chi connectivity index (χ4n) is 4.09. The molecule has 5 heteroatoms. The molecule has 2 aliphatic carbocycles. The predicted octanol–water partition coefficient (Wildman–Crippen LogP) is 4.02. The maximum atomic E-state index is 12.3. The number of fused-ring (bicyclic) bond motifs is 3. The van der Waals surface area contributed by atoms with E-state index in [1.807, 2.05) is 18.2 Å². The third-order valence-electron chi connectivity index (χ3n) is 5.37. The summed E-state index contributed by atoms with van der Waals surface area (Å²) in [6, 6.07) is 5.88. The van der Waals surface area contributed by atoms with Gasteiger partial charge in [-0.1, -0.05) is 18.9 Å². The Balaban J connectivity index is 1.51. The summed E-state index contributed by atoms with van der Waals surface area (Å²) in [5.74, 6) is 0.542. The van der Waals surface area contributed by atoms with Gasteiger partial charge in [-0.2, -0.15) is 0 Å². The molecular formula is C20H24N2O2S. The number of rotatable bonds is 4. The molecule has 25 heavy (non-hydrogen) atoms. The van der Waals surface area contributed by atoms with Crippen LogP contribution in [0.5, 0.6) is 0 Å². The van der Waals surface area contributed by atoms with E-state index in [1.54, 1.807) is 11.8 Å². The minimum Gasteiger partial charge on any atom is -0.325 e. The van der Waals surface area contributed by atoms with Gasteiger partial charge in [-0.05, 0) is 56.2 Å². The molecule has 0 radical (unpaired) electrons. The van der Waals surface area contributed by atoms with Crippen molar-refractivity contribution in [3.63, 3.8) is 0 Å². The highest BCUT2D eigenvalue weighted by molar-refractivity contribution is 8.00. The first-order chi connectivity index (χ1) is 12.2. The summed E-state index contributed by atoms with van der Waals surface area (Å²) < 4.78 is 0. The van der Waals surface area contributed by atoms with Crippen LogP contribution >= 0.6 is 11.8 Å². The number of hydrogen-bond acceptors (Lipinski definition) is 3. The van der Waals surface area contributed by atoms with E-state index in [1.165, 1.54) is 31.2 Å². The number of hydrogen-bond donors (Lipinski definition) is 2. The molecule has 4 rings (SSSR count). The van der Waals surface area contributed by atoms with Crippen LogP contribution in [0.25, 0.3) is 10.9 Å². The normalized spacial score (nSPS) is 17.6. The van der Waals surface area contributed by atoms with Crippen LogP contribution in [0, 0.1) is 0 Å². The van der Waals surface area contributed by atoms with E-state index < -0.39 is 0 Å². The van der Waals surface area contributed by atoms with Crippen LogP contribution in [0.1, 0.15) is 49.7 Å². The van der Waals surface area contributed by atoms with Gasteiger partial charge in [0.25, 0.3) is 5.56 Å². The standard InChI is InChI=1S/C20H24N2O2S/c23-19(12-25-14-5-1-2-6-14)21-13-9-10-16-15-7-3-4-8-17(15)20(24)22-18(16)11-13/h9-11,14H,1-8,12H2,(H,21,23)(H,22,24). The lowest BCUT2D eigenvalue weighted by atomic mass is 9.90. The second-order valence-corrected chi connectivity index (χ2v) is 8.43. The first-order valence-electron chi connectivity index (χ1n) is 9.30. The zero-order valence-electron chi connectivity index (χ0n) is 14.4. The van der Waals surface area contributed by atoms with E-state index in [0.717, 1.165) is 47.8 Å². The second kappa shape index (κ2) is 7.24. The van der Waals surface area contributed by atoms with Crippen LogP contribution in [-0.4, -0.2) is 21.9 Å². The van der Waals surface area contributed by atoms with Gasteiger partial charge in [-0.3, -0.25) is 9.59 Å². The van der Waals surface area contributed by atoms with Gasteiger partial charge in [0.1, 0.15) is 0 Å². The topological polar surface area (TPSA) is 62.0 Å². The molecule has 2 aromatic rings. The average Bonchev–Trinajstić information content (AvgIpc) is 3.14. The quantitative estimate of drug-likeness (QED) is 0.870. The number of benzene rings is 1. The fourth-order valence-corrected chi connectivity index (χ4v) is 5.21. The second-order valence-electron chi connectivity index (χ2n) is 7.14. The highest BCUT2D eigenvalue weighted by atomic mass is 32.2. The number of aromatic nitrogens is 1. The fraction of sp³-hybridized carbons (Fsp3) is 0.500. The van der Waals surface area contributed by atoms with Crippen molar-refractivity contribution in [2.24, 2.45) is 0 Å². The molecule has 1 fully saturated rings. The van der Waals surface area contributed by atoms with Crippen LogP contribution in [-0.2, 0) is 17.6 Å². The summed E-state index contributed by atoms with van der Waals surface area (Å²) >= 11 is 1.77. The molecule has 1 amide bonds. The van der Waals surface area contributed by atoms with E-state index in [-0.39, 0.29) is 11.5 Å². The molecule has 1 saturated carbocycles. The highest BCUT2D eigenvalue weighted by Gasteiger charge is 2.18. The number of aromatic amines is 1. The van der Waals surface area contributed by atoms with Gasteiger partial charge in [0.2, 0.25) is 5.91 Å². The number of pyridine rings is 1. The Morgan fingerprint density at radius 2 is 1.88 bits per heavy atom. The summed E-state index contributed by atoms with van der Waals surface area (Å²) in [5.41, 5.74) is 3.76. The summed E-state index contributed by atoms with van der Waals surface area (Å²) in [7, 11) is 0. The molecule has 0 atom stereocenters. The molecule has 0 aliphatic heterocycles. The zero-order chi connectivity index (χ0) is 17.2. The van der Waals surface area contributed by atoms with Gasteiger partial charge in [0.15, 0.2) is 0 Å². The number of aryl methyl sites for hydroxylation is 1. The number of H-pyrrole nitrogens is 1. The lowest BCUT2D eigenvalue weighted by Crippen LogP contribution is -2.19.